The largest absolute Gasteiger partial charge is 0.488 e. The molecule has 0 radical (unpaired) electrons. The number of ether oxygens (including phenoxy) is 1. The lowest BCUT2D eigenvalue weighted by atomic mass is 10.2. The molecule has 0 saturated heterocycles. The van der Waals surface area contributed by atoms with Gasteiger partial charge in [-0.05, 0) is 27.6 Å². The van der Waals surface area contributed by atoms with Crippen LogP contribution in [0.5, 0.6) is 5.75 Å². The number of pyridine rings is 1. The third kappa shape index (κ3) is 2.83. The van der Waals surface area contributed by atoms with E-state index in [9.17, 15) is 0 Å². The molecular formula is C13H9BrN2O. The number of hydrogen-bond acceptors (Lipinski definition) is 3. The standard InChI is InChI=1S/C13H9BrN2O/c14-13-11(8-15)16-7-6-12(13)17-9-10-4-2-1-3-5-10/h1-7H,9H2. The monoisotopic (exact) mass is 288 g/mol. The van der Waals surface area contributed by atoms with Crippen LogP contribution >= 0.6 is 15.9 Å². The summed E-state index contributed by atoms with van der Waals surface area (Å²) in [5.41, 5.74) is 1.41. The van der Waals surface area contributed by atoms with Gasteiger partial charge < -0.3 is 4.74 Å². The molecule has 84 valence electrons. The first-order valence-corrected chi connectivity index (χ1v) is 5.82. The normalized spacial score (nSPS) is 9.65. The Balaban J connectivity index is 2.13. The number of rotatable bonds is 3. The quantitative estimate of drug-likeness (QED) is 0.871. The van der Waals surface area contributed by atoms with Crippen LogP contribution in [-0.4, -0.2) is 4.98 Å². The number of benzene rings is 1. The first kappa shape index (κ1) is 11.6. The van der Waals surface area contributed by atoms with Crippen LogP contribution in [0.3, 0.4) is 0 Å². The topological polar surface area (TPSA) is 45.9 Å². The Morgan fingerprint density at radius 3 is 2.71 bits per heavy atom. The summed E-state index contributed by atoms with van der Waals surface area (Å²) in [6, 6.07) is 13.6. The molecule has 2 aromatic rings. The van der Waals surface area contributed by atoms with Crippen molar-refractivity contribution >= 4 is 15.9 Å². The molecule has 1 aromatic carbocycles. The lowest BCUT2D eigenvalue weighted by Crippen LogP contribution is -1.97. The minimum Gasteiger partial charge on any atom is -0.488 e. The van der Waals surface area contributed by atoms with Crippen LogP contribution in [0.2, 0.25) is 0 Å². The number of aromatic nitrogens is 1. The van der Waals surface area contributed by atoms with Gasteiger partial charge in [0.2, 0.25) is 0 Å². The van der Waals surface area contributed by atoms with Crippen LogP contribution in [-0.2, 0) is 6.61 Å². The van der Waals surface area contributed by atoms with E-state index in [-0.39, 0.29) is 0 Å². The molecule has 0 bridgehead atoms. The third-order valence-electron chi connectivity index (χ3n) is 2.20. The van der Waals surface area contributed by atoms with E-state index in [1.54, 1.807) is 12.3 Å². The van der Waals surface area contributed by atoms with Crippen molar-refractivity contribution in [2.24, 2.45) is 0 Å². The Kier molecular flexibility index (Phi) is 3.73. The minimum absolute atomic E-state index is 0.329. The van der Waals surface area contributed by atoms with Gasteiger partial charge in [0.15, 0.2) is 5.69 Å². The van der Waals surface area contributed by atoms with Crippen LogP contribution in [0.15, 0.2) is 47.1 Å². The van der Waals surface area contributed by atoms with Gasteiger partial charge in [0, 0.05) is 6.20 Å². The van der Waals surface area contributed by atoms with Crippen molar-refractivity contribution < 1.29 is 4.74 Å². The second-order valence-electron chi connectivity index (χ2n) is 3.36. The van der Waals surface area contributed by atoms with Gasteiger partial charge in [-0.3, -0.25) is 0 Å². The molecule has 0 amide bonds. The molecule has 0 fully saturated rings. The number of nitriles is 1. The molecule has 17 heavy (non-hydrogen) atoms. The fourth-order valence-electron chi connectivity index (χ4n) is 1.35. The van der Waals surface area contributed by atoms with Crippen molar-refractivity contribution in [1.29, 1.82) is 5.26 Å². The van der Waals surface area contributed by atoms with E-state index in [1.165, 1.54) is 0 Å². The molecule has 0 aliphatic rings. The molecule has 1 aromatic heterocycles. The molecule has 0 saturated carbocycles. The molecule has 0 atom stereocenters. The molecule has 2 rings (SSSR count). The highest BCUT2D eigenvalue weighted by Gasteiger charge is 2.07. The maximum atomic E-state index is 8.83. The molecule has 0 spiro atoms. The van der Waals surface area contributed by atoms with Gasteiger partial charge in [-0.15, -0.1) is 0 Å². The Hall–Kier alpha value is -1.86. The van der Waals surface area contributed by atoms with Crippen LogP contribution in [0.4, 0.5) is 0 Å². The number of hydrogen-bond donors (Lipinski definition) is 0. The highest BCUT2D eigenvalue weighted by molar-refractivity contribution is 9.10. The SMILES string of the molecule is N#Cc1nccc(OCc2ccccc2)c1Br. The van der Waals surface area contributed by atoms with Gasteiger partial charge in [0.1, 0.15) is 18.4 Å². The molecule has 3 nitrogen and oxygen atoms in total. The van der Waals surface area contributed by atoms with Gasteiger partial charge in [0.05, 0.1) is 4.47 Å². The fraction of sp³-hybridized carbons (Fsp3) is 0.0769. The molecule has 0 aliphatic carbocycles. The average molecular weight is 289 g/mol. The van der Waals surface area contributed by atoms with Crippen LogP contribution in [0.1, 0.15) is 11.3 Å². The van der Waals surface area contributed by atoms with Gasteiger partial charge in [-0.25, -0.2) is 4.98 Å². The van der Waals surface area contributed by atoms with E-state index in [0.717, 1.165) is 5.56 Å². The fourth-order valence-corrected chi connectivity index (χ4v) is 1.79. The first-order chi connectivity index (χ1) is 8.31. The van der Waals surface area contributed by atoms with E-state index < -0.39 is 0 Å². The molecular weight excluding hydrogens is 280 g/mol. The first-order valence-electron chi connectivity index (χ1n) is 5.02. The molecule has 0 unspecified atom stereocenters. The molecule has 0 aliphatic heterocycles. The van der Waals surface area contributed by atoms with E-state index in [2.05, 4.69) is 20.9 Å². The smallest absolute Gasteiger partial charge is 0.158 e. The second kappa shape index (κ2) is 5.46. The molecule has 4 heteroatoms. The molecule has 0 N–H and O–H groups in total. The summed E-state index contributed by atoms with van der Waals surface area (Å²) < 4.78 is 6.22. The van der Waals surface area contributed by atoms with E-state index in [0.29, 0.717) is 22.5 Å². The maximum absolute atomic E-state index is 8.83. The van der Waals surface area contributed by atoms with Gasteiger partial charge >= 0.3 is 0 Å². The lowest BCUT2D eigenvalue weighted by molar-refractivity contribution is 0.304. The summed E-state index contributed by atoms with van der Waals surface area (Å²) in [4.78, 5) is 3.92. The van der Waals surface area contributed by atoms with Crippen molar-refractivity contribution in [2.45, 2.75) is 6.61 Å². The second-order valence-corrected chi connectivity index (χ2v) is 4.15. The van der Waals surface area contributed by atoms with Crippen molar-refractivity contribution in [1.82, 2.24) is 4.98 Å². The van der Waals surface area contributed by atoms with Crippen molar-refractivity contribution in [2.75, 3.05) is 0 Å². The van der Waals surface area contributed by atoms with Gasteiger partial charge in [-0.2, -0.15) is 5.26 Å². The average Bonchev–Trinajstić information content (AvgIpc) is 2.39. The highest BCUT2D eigenvalue weighted by atomic mass is 79.9. The summed E-state index contributed by atoms with van der Waals surface area (Å²) in [6.07, 6.45) is 1.56. The number of nitrogens with zero attached hydrogens (tertiary/aromatic N) is 2. The summed E-state index contributed by atoms with van der Waals surface area (Å²) in [5.74, 6) is 0.625. The maximum Gasteiger partial charge on any atom is 0.158 e. The zero-order chi connectivity index (χ0) is 12.1. The van der Waals surface area contributed by atoms with Crippen LogP contribution in [0.25, 0.3) is 0 Å². The van der Waals surface area contributed by atoms with Gasteiger partial charge in [0.25, 0.3) is 0 Å². The molecule has 1 heterocycles. The van der Waals surface area contributed by atoms with Crippen LogP contribution < -0.4 is 4.74 Å². The predicted octanol–water partition coefficient (Wildman–Crippen LogP) is 3.29. The lowest BCUT2D eigenvalue weighted by Gasteiger charge is -2.08. The Morgan fingerprint density at radius 1 is 1.24 bits per heavy atom. The van der Waals surface area contributed by atoms with Gasteiger partial charge in [-0.1, -0.05) is 30.3 Å². The zero-order valence-corrected chi connectivity index (χ0v) is 10.5. The summed E-state index contributed by atoms with van der Waals surface area (Å²) in [7, 11) is 0. The summed E-state index contributed by atoms with van der Waals surface area (Å²) in [5, 5.41) is 8.83. The van der Waals surface area contributed by atoms with Crippen molar-refractivity contribution in [3.8, 4) is 11.8 Å². The van der Waals surface area contributed by atoms with E-state index in [1.807, 2.05) is 36.4 Å². The highest BCUT2D eigenvalue weighted by Crippen LogP contribution is 2.27. The summed E-state index contributed by atoms with van der Waals surface area (Å²) >= 11 is 3.30. The van der Waals surface area contributed by atoms with Crippen molar-refractivity contribution in [3.05, 3.63) is 58.3 Å². The zero-order valence-electron chi connectivity index (χ0n) is 8.93. The minimum atomic E-state index is 0.329. The van der Waals surface area contributed by atoms with E-state index >= 15 is 0 Å². The van der Waals surface area contributed by atoms with E-state index in [4.69, 9.17) is 10.00 Å². The van der Waals surface area contributed by atoms with Crippen molar-refractivity contribution in [3.63, 3.8) is 0 Å². The Bertz CT molecular complexity index is 549. The Morgan fingerprint density at radius 2 is 2.00 bits per heavy atom. The predicted molar refractivity (Wildman–Crippen MR) is 67.4 cm³/mol. The summed E-state index contributed by atoms with van der Waals surface area (Å²) in [6.45, 7) is 0.467. The number of halogens is 1. The third-order valence-corrected chi connectivity index (χ3v) is 2.96. The van der Waals surface area contributed by atoms with Crippen LogP contribution in [0, 0.1) is 11.3 Å². The Labute approximate surface area is 108 Å².